The summed E-state index contributed by atoms with van der Waals surface area (Å²) >= 11 is 0. The van der Waals surface area contributed by atoms with E-state index >= 15 is 0 Å². The Morgan fingerprint density at radius 3 is 2.64 bits per heavy atom. The Balaban J connectivity index is 1.61. The summed E-state index contributed by atoms with van der Waals surface area (Å²) in [6.45, 7) is 4.22. The van der Waals surface area contributed by atoms with Gasteiger partial charge in [-0.3, -0.25) is 14.2 Å². The Morgan fingerprint density at radius 1 is 1.17 bits per heavy atom. The maximum absolute atomic E-state index is 13.4. The number of rotatable bonds is 10. The van der Waals surface area contributed by atoms with Gasteiger partial charge >= 0.3 is 0 Å². The molecule has 0 bridgehead atoms. The number of pyridine rings is 2. The highest BCUT2D eigenvalue weighted by atomic mass is 16.5. The minimum absolute atomic E-state index is 0.0637. The van der Waals surface area contributed by atoms with Gasteiger partial charge in [0, 0.05) is 55.8 Å². The molecule has 11 nitrogen and oxygen atoms in total. The van der Waals surface area contributed by atoms with E-state index in [-0.39, 0.29) is 29.9 Å². The van der Waals surface area contributed by atoms with Crippen molar-refractivity contribution < 1.29 is 19.4 Å². The standard InChI is InChI=1S/C25H32N6O5/c1-3-11-36-12-10-31-20-13-18(17-4-5-21(35-2)26-14-17)15-27-23(20)29-24(25(31)34)28-16-22(33)30-8-6-19(32)7-9-30/h4-5,13-15,19,32H,3,6-12,16H2,1-2H3,(H,27,28,29). The molecule has 4 rings (SSSR count). The zero-order valence-electron chi connectivity index (χ0n) is 20.6. The number of likely N-dealkylation sites (tertiary alicyclic amines) is 1. The fourth-order valence-corrected chi connectivity index (χ4v) is 4.08. The molecule has 11 heteroatoms. The number of aliphatic hydroxyl groups is 1. The number of aliphatic hydroxyl groups excluding tert-OH is 1. The SMILES string of the molecule is CCCOCCn1c(=O)c(NCC(=O)N2CCC(O)CC2)nc2ncc(-c3ccc(OC)nc3)cc21. The number of methoxy groups -OCH3 is 1. The predicted molar refractivity (Wildman–Crippen MR) is 135 cm³/mol. The van der Waals surface area contributed by atoms with E-state index in [1.165, 1.54) is 0 Å². The van der Waals surface area contributed by atoms with Gasteiger partial charge in [0.2, 0.25) is 11.8 Å². The van der Waals surface area contributed by atoms with E-state index in [0.29, 0.717) is 62.7 Å². The second-order valence-corrected chi connectivity index (χ2v) is 8.65. The van der Waals surface area contributed by atoms with Crippen LogP contribution in [0.15, 0.2) is 35.4 Å². The smallest absolute Gasteiger partial charge is 0.293 e. The van der Waals surface area contributed by atoms with Gasteiger partial charge in [0.05, 0.1) is 31.9 Å². The topological polar surface area (TPSA) is 132 Å². The molecule has 1 amide bonds. The third-order valence-electron chi connectivity index (χ3n) is 6.11. The number of nitrogens with zero attached hydrogens (tertiary/aromatic N) is 5. The monoisotopic (exact) mass is 496 g/mol. The number of aromatic nitrogens is 4. The Hall–Kier alpha value is -3.57. The van der Waals surface area contributed by atoms with E-state index < -0.39 is 0 Å². The van der Waals surface area contributed by atoms with Crippen LogP contribution in [0, 0.1) is 0 Å². The summed E-state index contributed by atoms with van der Waals surface area (Å²) in [6.07, 6.45) is 4.99. The number of hydrogen-bond donors (Lipinski definition) is 2. The summed E-state index contributed by atoms with van der Waals surface area (Å²) in [5.74, 6) is 0.427. The van der Waals surface area contributed by atoms with Crippen LogP contribution in [-0.2, 0) is 16.1 Å². The molecule has 0 radical (unpaired) electrons. The molecule has 1 aliphatic rings. The van der Waals surface area contributed by atoms with Crippen molar-refractivity contribution in [3.8, 4) is 17.0 Å². The molecule has 0 saturated carbocycles. The number of carbonyl (C=O) groups is 1. The van der Waals surface area contributed by atoms with Crippen LogP contribution >= 0.6 is 0 Å². The molecule has 3 aromatic rings. The number of anilines is 1. The zero-order valence-corrected chi connectivity index (χ0v) is 20.6. The van der Waals surface area contributed by atoms with Crippen LogP contribution in [0.1, 0.15) is 26.2 Å². The number of ether oxygens (including phenoxy) is 2. The maximum atomic E-state index is 13.4. The third kappa shape index (κ3) is 5.97. The molecule has 0 aromatic carbocycles. The summed E-state index contributed by atoms with van der Waals surface area (Å²) in [5, 5.41) is 12.6. The molecule has 4 heterocycles. The molecule has 0 aliphatic carbocycles. The van der Waals surface area contributed by atoms with Gasteiger partial charge in [0.15, 0.2) is 11.5 Å². The van der Waals surface area contributed by atoms with Crippen LogP contribution in [0.4, 0.5) is 5.82 Å². The van der Waals surface area contributed by atoms with Crippen molar-refractivity contribution in [2.45, 2.75) is 38.8 Å². The normalized spacial score (nSPS) is 14.2. The Morgan fingerprint density at radius 2 is 1.94 bits per heavy atom. The predicted octanol–water partition coefficient (Wildman–Crippen LogP) is 1.68. The van der Waals surface area contributed by atoms with Crippen molar-refractivity contribution in [1.29, 1.82) is 0 Å². The van der Waals surface area contributed by atoms with Crippen LogP contribution in [0.3, 0.4) is 0 Å². The lowest BCUT2D eigenvalue weighted by molar-refractivity contribution is -0.131. The molecule has 1 aliphatic heterocycles. The Bertz CT molecular complexity index is 1240. The third-order valence-corrected chi connectivity index (χ3v) is 6.11. The number of amides is 1. The Kier molecular flexibility index (Phi) is 8.44. The summed E-state index contributed by atoms with van der Waals surface area (Å²) in [5.41, 5.74) is 2.20. The summed E-state index contributed by atoms with van der Waals surface area (Å²) < 4.78 is 12.3. The fourth-order valence-electron chi connectivity index (χ4n) is 4.08. The number of nitrogens with one attached hydrogen (secondary N) is 1. The number of carbonyl (C=O) groups excluding carboxylic acids is 1. The first-order chi connectivity index (χ1) is 17.5. The van der Waals surface area contributed by atoms with E-state index in [0.717, 1.165) is 17.5 Å². The first-order valence-corrected chi connectivity index (χ1v) is 12.2. The average molecular weight is 497 g/mol. The van der Waals surface area contributed by atoms with Gasteiger partial charge in [0.25, 0.3) is 5.56 Å². The lowest BCUT2D eigenvalue weighted by atomic mass is 10.1. The van der Waals surface area contributed by atoms with Crippen molar-refractivity contribution in [3.63, 3.8) is 0 Å². The van der Waals surface area contributed by atoms with Crippen LogP contribution in [0.25, 0.3) is 22.3 Å². The van der Waals surface area contributed by atoms with E-state index in [9.17, 15) is 14.7 Å². The molecule has 1 saturated heterocycles. The molecule has 3 aromatic heterocycles. The van der Waals surface area contributed by atoms with Gasteiger partial charge in [-0.25, -0.2) is 15.0 Å². The quantitative estimate of drug-likeness (QED) is 0.402. The molecular formula is C25H32N6O5. The van der Waals surface area contributed by atoms with Crippen LogP contribution in [0.2, 0.25) is 0 Å². The summed E-state index contributed by atoms with van der Waals surface area (Å²) in [6, 6.07) is 5.49. The van der Waals surface area contributed by atoms with E-state index in [1.807, 2.05) is 19.1 Å². The first-order valence-electron chi connectivity index (χ1n) is 12.2. The van der Waals surface area contributed by atoms with Crippen molar-refractivity contribution in [2.75, 3.05) is 45.3 Å². The van der Waals surface area contributed by atoms with Gasteiger partial charge in [-0.05, 0) is 31.4 Å². The van der Waals surface area contributed by atoms with Crippen molar-refractivity contribution >= 4 is 22.9 Å². The first kappa shape index (κ1) is 25.5. The van der Waals surface area contributed by atoms with Gasteiger partial charge in [-0.2, -0.15) is 0 Å². The Labute approximate surface area is 209 Å². The van der Waals surface area contributed by atoms with E-state index in [4.69, 9.17) is 9.47 Å². The summed E-state index contributed by atoms with van der Waals surface area (Å²) in [7, 11) is 1.56. The van der Waals surface area contributed by atoms with Gasteiger partial charge in [0.1, 0.15) is 0 Å². The molecule has 0 spiro atoms. The summed E-state index contributed by atoms with van der Waals surface area (Å²) in [4.78, 5) is 40.9. The minimum atomic E-state index is -0.365. The van der Waals surface area contributed by atoms with Crippen LogP contribution < -0.4 is 15.6 Å². The van der Waals surface area contributed by atoms with E-state index in [2.05, 4.69) is 20.3 Å². The zero-order chi connectivity index (χ0) is 25.5. The fraction of sp³-hybridized carbons (Fsp3) is 0.480. The number of piperidine rings is 1. The van der Waals surface area contributed by atoms with Crippen molar-refractivity contribution in [2.24, 2.45) is 0 Å². The maximum Gasteiger partial charge on any atom is 0.293 e. The largest absolute Gasteiger partial charge is 0.481 e. The second kappa shape index (κ2) is 11.9. The molecule has 1 fully saturated rings. The molecular weight excluding hydrogens is 464 g/mol. The highest BCUT2D eigenvalue weighted by Gasteiger charge is 2.22. The molecule has 0 unspecified atom stereocenters. The van der Waals surface area contributed by atoms with Crippen molar-refractivity contribution in [1.82, 2.24) is 24.4 Å². The number of fused-ring (bicyclic) bond motifs is 1. The number of hydrogen-bond acceptors (Lipinski definition) is 9. The van der Waals surface area contributed by atoms with Gasteiger partial charge in [-0.1, -0.05) is 6.92 Å². The lowest BCUT2D eigenvalue weighted by Crippen LogP contribution is -2.43. The average Bonchev–Trinajstić information content (AvgIpc) is 2.91. The second-order valence-electron chi connectivity index (χ2n) is 8.65. The highest BCUT2D eigenvalue weighted by molar-refractivity contribution is 5.82. The van der Waals surface area contributed by atoms with Gasteiger partial charge < -0.3 is 24.8 Å². The molecule has 192 valence electrons. The highest BCUT2D eigenvalue weighted by Crippen LogP contribution is 2.23. The lowest BCUT2D eigenvalue weighted by Gasteiger charge is -2.29. The van der Waals surface area contributed by atoms with Crippen LogP contribution in [-0.4, -0.2) is 81.5 Å². The van der Waals surface area contributed by atoms with Crippen molar-refractivity contribution in [3.05, 3.63) is 40.9 Å². The molecule has 2 N–H and O–H groups in total. The van der Waals surface area contributed by atoms with Gasteiger partial charge in [-0.15, -0.1) is 0 Å². The van der Waals surface area contributed by atoms with Crippen LogP contribution in [0.5, 0.6) is 5.88 Å². The molecule has 0 atom stereocenters. The van der Waals surface area contributed by atoms with E-state index in [1.54, 1.807) is 35.0 Å². The molecule has 36 heavy (non-hydrogen) atoms. The minimum Gasteiger partial charge on any atom is -0.481 e.